The summed E-state index contributed by atoms with van der Waals surface area (Å²) < 4.78 is 1.70. The lowest BCUT2D eigenvalue weighted by molar-refractivity contribution is 0.0951. The average molecular weight is 344 g/mol. The highest BCUT2D eigenvalue weighted by Crippen LogP contribution is 2.22. The fraction of sp³-hybridized carbons (Fsp3) is 0.143. The van der Waals surface area contributed by atoms with Crippen molar-refractivity contribution in [1.29, 1.82) is 0 Å². The highest BCUT2D eigenvalue weighted by Gasteiger charge is 2.10. The number of rotatable bonds is 4. The van der Waals surface area contributed by atoms with E-state index in [-0.39, 0.29) is 5.91 Å². The summed E-state index contributed by atoms with van der Waals surface area (Å²) in [5.41, 5.74) is 6.09. The first-order valence-corrected chi connectivity index (χ1v) is 8.58. The molecule has 0 fully saturated rings. The van der Waals surface area contributed by atoms with Crippen LogP contribution in [0.1, 0.15) is 27.2 Å². The molecule has 4 rings (SSSR count). The van der Waals surface area contributed by atoms with Crippen molar-refractivity contribution in [1.82, 2.24) is 20.1 Å². The zero-order valence-electron chi connectivity index (χ0n) is 14.8. The number of fused-ring (bicyclic) bond motifs is 1. The van der Waals surface area contributed by atoms with Crippen molar-refractivity contribution >= 4 is 16.8 Å². The summed E-state index contributed by atoms with van der Waals surface area (Å²) in [6, 6.07) is 16.0. The van der Waals surface area contributed by atoms with Gasteiger partial charge in [-0.1, -0.05) is 24.3 Å². The monoisotopic (exact) mass is 344 g/mol. The molecule has 1 amide bonds. The largest absolute Gasteiger partial charge is 0.358 e. The summed E-state index contributed by atoms with van der Waals surface area (Å²) in [7, 11) is 0. The first-order valence-electron chi connectivity index (χ1n) is 8.58. The predicted octanol–water partition coefficient (Wildman–Crippen LogP) is 3.90. The molecule has 2 N–H and O–H groups in total. The minimum atomic E-state index is -0.130. The fourth-order valence-electron chi connectivity index (χ4n) is 3.06. The lowest BCUT2D eigenvalue weighted by atomic mass is 10.1. The van der Waals surface area contributed by atoms with E-state index in [1.807, 2.05) is 36.4 Å². The van der Waals surface area contributed by atoms with E-state index in [4.69, 9.17) is 0 Å². The molecule has 2 aromatic carbocycles. The number of aromatic nitrogens is 3. The second-order valence-electron chi connectivity index (χ2n) is 6.45. The molecular weight excluding hydrogens is 324 g/mol. The number of hydrogen-bond donors (Lipinski definition) is 2. The van der Waals surface area contributed by atoms with E-state index in [0.29, 0.717) is 12.1 Å². The molecule has 0 aliphatic rings. The van der Waals surface area contributed by atoms with Gasteiger partial charge in [0.2, 0.25) is 0 Å². The summed E-state index contributed by atoms with van der Waals surface area (Å²) in [5.74, 6) is -0.130. The van der Waals surface area contributed by atoms with E-state index in [0.717, 1.165) is 16.8 Å². The van der Waals surface area contributed by atoms with Crippen LogP contribution in [-0.2, 0) is 6.54 Å². The number of aryl methyl sites for hydroxylation is 2. The Labute approximate surface area is 151 Å². The topological polar surface area (TPSA) is 62.7 Å². The van der Waals surface area contributed by atoms with Crippen molar-refractivity contribution in [3.63, 3.8) is 0 Å². The van der Waals surface area contributed by atoms with Gasteiger partial charge in [0.25, 0.3) is 5.91 Å². The summed E-state index contributed by atoms with van der Waals surface area (Å²) in [5, 5.41) is 8.44. The van der Waals surface area contributed by atoms with Gasteiger partial charge in [-0.05, 0) is 49.2 Å². The van der Waals surface area contributed by atoms with Crippen LogP contribution in [0.4, 0.5) is 0 Å². The molecular formula is C21H20N4O. The lowest BCUT2D eigenvalue weighted by Gasteiger charge is -2.05. The first kappa shape index (κ1) is 16.1. The Balaban J connectivity index is 1.47. The van der Waals surface area contributed by atoms with Crippen LogP contribution >= 0.6 is 0 Å². The Morgan fingerprint density at radius 3 is 2.77 bits per heavy atom. The number of H-pyrrole nitrogens is 1. The van der Waals surface area contributed by atoms with Crippen molar-refractivity contribution in [3.05, 3.63) is 83.3 Å². The number of carbonyl (C=O) groups excluding carboxylic acids is 1. The molecule has 0 spiro atoms. The highest BCUT2D eigenvalue weighted by molar-refractivity contribution is 5.93. The van der Waals surface area contributed by atoms with Crippen LogP contribution < -0.4 is 5.32 Å². The molecule has 0 radical (unpaired) electrons. The van der Waals surface area contributed by atoms with E-state index in [1.54, 1.807) is 17.1 Å². The van der Waals surface area contributed by atoms with E-state index >= 15 is 0 Å². The van der Waals surface area contributed by atoms with Gasteiger partial charge >= 0.3 is 0 Å². The predicted molar refractivity (Wildman–Crippen MR) is 103 cm³/mol. The average Bonchev–Trinajstić information content (AvgIpc) is 3.27. The number of nitrogens with one attached hydrogen (secondary N) is 2. The van der Waals surface area contributed by atoms with E-state index in [9.17, 15) is 4.79 Å². The molecule has 2 aromatic heterocycles. The van der Waals surface area contributed by atoms with Crippen LogP contribution in [0.3, 0.4) is 0 Å². The number of para-hydroxylation sites is 1. The van der Waals surface area contributed by atoms with Gasteiger partial charge in [-0.15, -0.1) is 0 Å². The van der Waals surface area contributed by atoms with Crippen molar-refractivity contribution in [3.8, 4) is 5.69 Å². The molecule has 2 heterocycles. The molecule has 4 aromatic rings. The Morgan fingerprint density at radius 1 is 1.15 bits per heavy atom. The summed E-state index contributed by atoms with van der Waals surface area (Å²) in [4.78, 5) is 15.8. The third-order valence-electron chi connectivity index (χ3n) is 4.69. The van der Waals surface area contributed by atoms with Gasteiger partial charge in [-0.2, -0.15) is 5.10 Å². The third kappa shape index (κ3) is 2.99. The van der Waals surface area contributed by atoms with Crippen LogP contribution in [0.15, 0.2) is 60.9 Å². The molecule has 0 saturated carbocycles. The minimum absolute atomic E-state index is 0.130. The molecule has 5 nitrogen and oxygen atoms in total. The van der Waals surface area contributed by atoms with Crippen molar-refractivity contribution in [2.75, 3.05) is 0 Å². The number of amides is 1. The van der Waals surface area contributed by atoms with Crippen molar-refractivity contribution < 1.29 is 4.79 Å². The third-order valence-corrected chi connectivity index (χ3v) is 4.69. The Kier molecular flexibility index (Phi) is 4.05. The zero-order chi connectivity index (χ0) is 18.1. The summed E-state index contributed by atoms with van der Waals surface area (Å²) >= 11 is 0. The number of carbonyl (C=O) groups is 1. The number of nitrogens with zero attached hydrogens (tertiary/aromatic N) is 2. The normalized spacial score (nSPS) is 11.0. The van der Waals surface area contributed by atoms with Gasteiger partial charge < -0.3 is 10.3 Å². The quantitative estimate of drug-likeness (QED) is 0.590. The molecule has 0 bridgehead atoms. The summed E-state index contributed by atoms with van der Waals surface area (Å²) in [6.45, 7) is 4.66. The van der Waals surface area contributed by atoms with Gasteiger partial charge in [0, 0.05) is 29.3 Å². The standard InChI is InChI=1S/C21H20N4O/c1-14-15(2)24-20-9-8-16(10-19(14)20)11-22-21(26)17-12-23-25(13-17)18-6-4-3-5-7-18/h3-10,12-13,24H,11H2,1-2H3,(H,22,26). The van der Waals surface area contributed by atoms with E-state index < -0.39 is 0 Å². The van der Waals surface area contributed by atoms with Crippen molar-refractivity contribution in [2.24, 2.45) is 0 Å². The maximum Gasteiger partial charge on any atom is 0.254 e. The van der Waals surface area contributed by atoms with Crippen molar-refractivity contribution in [2.45, 2.75) is 20.4 Å². The maximum absolute atomic E-state index is 12.4. The Hall–Kier alpha value is -3.34. The highest BCUT2D eigenvalue weighted by atomic mass is 16.1. The van der Waals surface area contributed by atoms with Crippen LogP contribution in [-0.4, -0.2) is 20.7 Å². The van der Waals surface area contributed by atoms with Crippen LogP contribution in [0, 0.1) is 13.8 Å². The van der Waals surface area contributed by atoms with Gasteiger partial charge in [0.1, 0.15) is 0 Å². The smallest absolute Gasteiger partial charge is 0.254 e. The minimum Gasteiger partial charge on any atom is -0.358 e. The maximum atomic E-state index is 12.4. The molecule has 0 aliphatic heterocycles. The van der Waals surface area contributed by atoms with Crippen LogP contribution in [0.2, 0.25) is 0 Å². The summed E-state index contributed by atoms with van der Waals surface area (Å²) in [6.07, 6.45) is 3.33. The van der Waals surface area contributed by atoms with Gasteiger partial charge in [0.05, 0.1) is 17.4 Å². The Morgan fingerprint density at radius 2 is 1.96 bits per heavy atom. The molecule has 5 heteroatoms. The first-order chi connectivity index (χ1) is 12.6. The van der Waals surface area contributed by atoms with Gasteiger partial charge in [-0.25, -0.2) is 4.68 Å². The van der Waals surface area contributed by atoms with Gasteiger partial charge in [0.15, 0.2) is 0 Å². The molecule has 26 heavy (non-hydrogen) atoms. The SMILES string of the molecule is Cc1[nH]c2ccc(CNC(=O)c3cnn(-c4ccccc4)c3)cc2c1C. The second-order valence-corrected chi connectivity index (χ2v) is 6.45. The Bertz CT molecular complexity index is 1080. The zero-order valence-corrected chi connectivity index (χ0v) is 14.8. The van der Waals surface area contributed by atoms with Gasteiger partial charge in [-0.3, -0.25) is 4.79 Å². The number of hydrogen-bond acceptors (Lipinski definition) is 2. The molecule has 0 saturated heterocycles. The second kappa shape index (κ2) is 6.52. The lowest BCUT2D eigenvalue weighted by Crippen LogP contribution is -2.22. The van der Waals surface area contributed by atoms with E-state index in [1.165, 1.54) is 16.6 Å². The number of aromatic amines is 1. The number of benzene rings is 2. The van der Waals surface area contributed by atoms with E-state index in [2.05, 4.69) is 41.4 Å². The molecule has 0 aliphatic carbocycles. The van der Waals surface area contributed by atoms with Crippen LogP contribution in [0.5, 0.6) is 0 Å². The fourth-order valence-corrected chi connectivity index (χ4v) is 3.06. The molecule has 0 unspecified atom stereocenters. The molecule has 130 valence electrons. The van der Waals surface area contributed by atoms with Crippen LogP contribution in [0.25, 0.3) is 16.6 Å². The molecule has 0 atom stereocenters.